The summed E-state index contributed by atoms with van der Waals surface area (Å²) in [5, 5.41) is 3.81. The Bertz CT molecular complexity index is 964. The lowest BCUT2D eigenvalue weighted by molar-refractivity contribution is -0.175. The number of nitrogens with one attached hydrogen (secondary N) is 1. The molecule has 0 aliphatic carbocycles. The van der Waals surface area contributed by atoms with E-state index in [0.29, 0.717) is 5.57 Å². The standard InChI is InChI=1S/C22H24N2O8S/c1-3-17(27)31-12-32-22(29)19-15(10-30-13(2)25)11-33-21-18(20(28)24(19)21)23-16(26)9-14-7-5-4-6-8-14/h4-8,11,18-19,21H,3,9-10,12H2,1-2H3,(H,23,26)/t18?,19?,21-/m1/s1. The third kappa shape index (κ3) is 5.92. The molecule has 0 saturated carbocycles. The van der Waals surface area contributed by atoms with Crippen LogP contribution in [0.1, 0.15) is 25.8 Å². The van der Waals surface area contributed by atoms with E-state index in [9.17, 15) is 24.0 Å². The van der Waals surface area contributed by atoms with E-state index in [4.69, 9.17) is 14.2 Å². The van der Waals surface area contributed by atoms with Crippen molar-refractivity contribution >= 4 is 41.5 Å². The maximum atomic E-state index is 12.9. The van der Waals surface area contributed by atoms with Crippen molar-refractivity contribution in [2.75, 3.05) is 13.4 Å². The Hall–Kier alpha value is -3.34. The van der Waals surface area contributed by atoms with Crippen molar-refractivity contribution in [3.05, 3.63) is 46.9 Å². The highest BCUT2D eigenvalue weighted by atomic mass is 32.2. The lowest BCUT2D eigenvalue weighted by Crippen LogP contribution is -2.74. The van der Waals surface area contributed by atoms with Crippen molar-refractivity contribution in [3.8, 4) is 0 Å². The Morgan fingerprint density at radius 3 is 2.48 bits per heavy atom. The number of ether oxygens (including phenoxy) is 3. The van der Waals surface area contributed by atoms with Gasteiger partial charge in [0.2, 0.25) is 18.6 Å². The van der Waals surface area contributed by atoms with E-state index in [0.717, 1.165) is 5.56 Å². The maximum Gasteiger partial charge on any atom is 0.336 e. The fourth-order valence-corrected chi connectivity index (χ4v) is 4.55. The van der Waals surface area contributed by atoms with E-state index < -0.39 is 48.1 Å². The highest BCUT2D eigenvalue weighted by molar-refractivity contribution is 8.02. The van der Waals surface area contributed by atoms with Gasteiger partial charge in [-0.15, -0.1) is 11.8 Å². The molecule has 1 N–H and O–H groups in total. The van der Waals surface area contributed by atoms with Crippen molar-refractivity contribution in [1.29, 1.82) is 0 Å². The molecule has 0 bridgehead atoms. The summed E-state index contributed by atoms with van der Waals surface area (Å²) in [4.78, 5) is 61.8. The molecule has 3 rings (SSSR count). The normalized spacial score (nSPS) is 21.2. The van der Waals surface area contributed by atoms with Gasteiger partial charge in [-0.3, -0.25) is 19.2 Å². The predicted octanol–water partition coefficient (Wildman–Crippen LogP) is 0.898. The number of rotatable bonds is 9. The molecule has 11 heteroatoms. The van der Waals surface area contributed by atoms with Crippen LogP contribution in [0.15, 0.2) is 41.3 Å². The van der Waals surface area contributed by atoms with Crippen molar-refractivity contribution in [3.63, 3.8) is 0 Å². The van der Waals surface area contributed by atoms with Crippen LogP contribution in [0.5, 0.6) is 0 Å². The van der Waals surface area contributed by atoms with Gasteiger partial charge in [-0.05, 0) is 11.0 Å². The first-order valence-electron chi connectivity index (χ1n) is 10.3. The Balaban J connectivity index is 1.68. The number of amides is 2. The van der Waals surface area contributed by atoms with Gasteiger partial charge in [0.25, 0.3) is 0 Å². The topological polar surface area (TPSA) is 128 Å². The molecule has 0 aromatic heterocycles. The molecule has 2 amide bonds. The lowest BCUT2D eigenvalue weighted by Gasteiger charge is -2.51. The quantitative estimate of drug-likeness (QED) is 0.314. The lowest BCUT2D eigenvalue weighted by atomic mass is 9.98. The number of nitrogens with zero attached hydrogens (tertiary/aromatic N) is 1. The highest BCUT2D eigenvalue weighted by Gasteiger charge is 2.56. The van der Waals surface area contributed by atoms with Gasteiger partial charge >= 0.3 is 17.9 Å². The van der Waals surface area contributed by atoms with E-state index in [2.05, 4.69) is 5.32 Å². The number of benzene rings is 1. The number of hydrogen-bond donors (Lipinski definition) is 1. The molecule has 2 aliphatic rings. The minimum atomic E-state index is -1.16. The van der Waals surface area contributed by atoms with Crippen LogP contribution in [0.4, 0.5) is 0 Å². The molecular formula is C22H24N2O8S. The SMILES string of the molecule is CCC(=O)OCOC(=O)C1C(COC(C)=O)=CS[C@@H]2C(NC(=O)Cc3ccccc3)C(=O)N12. The maximum absolute atomic E-state index is 12.9. The second kappa shape index (κ2) is 11.0. The molecule has 0 radical (unpaired) electrons. The summed E-state index contributed by atoms with van der Waals surface area (Å²) in [7, 11) is 0. The van der Waals surface area contributed by atoms with Crippen LogP contribution in [0.2, 0.25) is 0 Å². The molecule has 2 unspecified atom stereocenters. The third-order valence-electron chi connectivity index (χ3n) is 4.97. The Kier molecular flexibility index (Phi) is 8.10. The monoisotopic (exact) mass is 476 g/mol. The molecule has 0 spiro atoms. The van der Waals surface area contributed by atoms with Crippen molar-refractivity contribution in [1.82, 2.24) is 10.2 Å². The summed E-state index contributed by atoms with van der Waals surface area (Å²) in [6, 6.07) is 7.13. The van der Waals surface area contributed by atoms with Gasteiger partial charge in [0.1, 0.15) is 18.0 Å². The number of esters is 3. The van der Waals surface area contributed by atoms with E-state index >= 15 is 0 Å². The fraction of sp³-hybridized carbons (Fsp3) is 0.409. The van der Waals surface area contributed by atoms with Gasteiger partial charge in [0.15, 0.2) is 6.04 Å². The van der Waals surface area contributed by atoms with Gasteiger partial charge in [-0.25, -0.2) is 4.79 Å². The zero-order valence-corrected chi connectivity index (χ0v) is 19.0. The number of thioether (sulfide) groups is 1. The van der Waals surface area contributed by atoms with Crippen LogP contribution in [-0.4, -0.2) is 65.5 Å². The average molecular weight is 477 g/mol. The van der Waals surface area contributed by atoms with Crippen LogP contribution in [0, 0.1) is 0 Å². The summed E-state index contributed by atoms with van der Waals surface area (Å²) in [5.74, 6) is -2.70. The molecule has 33 heavy (non-hydrogen) atoms. The zero-order chi connectivity index (χ0) is 24.0. The molecular weight excluding hydrogens is 452 g/mol. The first-order chi connectivity index (χ1) is 15.8. The van der Waals surface area contributed by atoms with E-state index in [-0.39, 0.29) is 25.4 Å². The van der Waals surface area contributed by atoms with Crippen LogP contribution in [0.3, 0.4) is 0 Å². The summed E-state index contributed by atoms with van der Waals surface area (Å²) in [6.07, 6.45) is 0.232. The molecule has 2 aliphatic heterocycles. The molecule has 3 atom stereocenters. The minimum Gasteiger partial charge on any atom is -0.461 e. The smallest absolute Gasteiger partial charge is 0.336 e. The first kappa shape index (κ1) is 24.3. The van der Waals surface area contributed by atoms with E-state index in [1.54, 1.807) is 12.3 Å². The van der Waals surface area contributed by atoms with Crippen molar-refractivity contribution in [2.24, 2.45) is 0 Å². The summed E-state index contributed by atoms with van der Waals surface area (Å²) in [5.41, 5.74) is 1.15. The molecule has 1 aromatic rings. The Morgan fingerprint density at radius 1 is 1.09 bits per heavy atom. The highest BCUT2D eigenvalue weighted by Crippen LogP contribution is 2.40. The van der Waals surface area contributed by atoms with Gasteiger partial charge < -0.3 is 24.4 Å². The first-order valence-corrected chi connectivity index (χ1v) is 11.2. The molecule has 176 valence electrons. The summed E-state index contributed by atoms with van der Waals surface area (Å²) >= 11 is 1.23. The Labute approximate surface area is 194 Å². The van der Waals surface area contributed by atoms with Gasteiger partial charge in [0, 0.05) is 18.9 Å². The van der Waals surface area contributed by atoms with E-state index in [1.807, 2.05) is 30.3 Å². The number of fused-ring (bicyclic) bond motifs is 1. The Morgan fingerprint density at radius 2 is 1.82 bits per heavy atom. The molecule has 2 heterocycles. The van der Waals surface area contributed by atoms with Gasteiger partial charge in [-0.2, -0.15) is 0 Å². The summed E-state index contributed by atoms with van der Waals surface area (Å²) < 4.78 is 14.8. The van der Waals surface area contributed by atoms with Crippen LogP contribution in [0.25, 0.3) is 0 Å². The fourth-order valence-electron chi connectivity index (χ4n) is 3.34. The van der Waals surface area contributed by atoms with Gasteiger partial charge in [0.05, 0.1) is 6.42 Å². The number of hydrogen-bond acceptors (Lipinski definition) is 9. The molecule has 10 nitrogen and oxygen atoms in total. The second-order valence-electron chi connectivity index (χ2n) is 7.31. The largest absolute Gasteiger partial charge is 0.461 e. The average Bonchev–Trinajstić information content (AvgIpc) is 2.80. The van der Waals surface area contributed by atoms with Crippen LogP contribution < -0.4 is 5.32 Å². The van der Waals surface area contributed by atoms with Crippen molar-refractivity contribution in [2.45, 2.75) is 44.1 Å². The third-order valence-corrected chi connectivity index (χ3v) is 6.18. The molecule has 1 fully saturated rings. The summed E-state index contributed by atoms with van der Waals surface area (Å²) in [6.45, 7) is 2.01. The zero-order valence-electron chi connectivity index (χ0n) is 18.1. The number of β-lactam (4-membered cyclic amide) rings is 1. The second-order valence-corrected chi connectivity index (χ2v) is 8.30. The number of carbonyl (C=O) groups is 5. The number of carbonyl (C=O) groups excluding carboxylic acids is 5. The van der Waals surface area contributed by atoms with Crippen LogP contribution >= 0.6 is 11.8 Å². The molecule has 1 saturated heterocycles. The minimum absolute atomic E-state index is 0.115. The van der Waals surface area contributed by atoms with Crippen molar-refractivity contribution < 1.29 is 38.2 Å². The predicted molar refractivity (Wildman–Crippen MR) is 116 cm³/mol. The molecule has 1 aromatic carbocycles. The van der Waals surface area contributed by atoms with Crippen LogP contribution in [-0.2, 0) is 44.6 Å². The van der Waals surface area contributed by atoms with Gasteiger partial charge in [-0.1, -0.05) is 37.3 Å². The van der Waals surface area contributed by atoms with E-state index in [1.165, 1.54) is 23.6 Å².